The number of H-pyrrole nitrogens is 1. The third-order valence-corrected chi connectivity index (χ3v) is 3.22. The highest BCUT2D eigenvalue weighted by Crippen LogP contribution is 2.24. The molecule has 1 aromatic heterocycles. The predicted molar refractivity (Wildman–Crippen MR) is 77.5 cm³/mol. The van der Waals surface area contributed by atoms with E-state index in [9.17, 15) is 4.79 Å². The molecule has 3 aromatic rings. The SMILES string of the molecule is Cc1nc2cc(-c3cccc(Cl)c3)ccc2c(=O)[nH]1. The van der Waals surface area contributed by atoms with Crippen LogP contribution in [0.4, 0.5) is 0 Å². The van der Waals surface area contributed by atoms with Crippen LogP contribution in [0.2, 0.25) is 5.02 Å². The molecule has 3 nitrogen and oxygen atoms in total. The van der Waals surface area contributed by atoms with E-state index in [-0.39, 0.29) is 5.56 Å². The average Bonchev–Trinajstić information content (AvgIpc) is 2.37. The lowest BCUT2D eigenvalue weighted by molar-refractivity contribution is 1.06. The number of hydrogen-bond acceptors (Lipinski definition) is 2. The van der Waals surface area contributed by atoms with E-state index in [1.807, 2.05) is 36.4 Å². The van der Waals surface area contributed by atoms with E-state index in [1.165, 1.54) is 0 Å². The van der Waals surface area contributed by atoms with Crippen LogP contribution in [-0.2, 0) is 0 Å². The zero-order chi connectivity index (χ0) is 13.4. The van der Waals surface area contributed by atoms with Gasteiger partial charge in [-0.3, -0.25) is 4.79 Å². The van der Waals surface area contributed by atoms with Crippen molar-refractivity contribution < 1.29 is 0 Å². The summed E-state index contributed by atoms with van der Waals surface area (Å²) in [5.74, 6) is 0.612. The summed E-state index contributed by atoms with van der Waals surface area (Å²) in [5, 5.41) is 1.28. The number of rotatable bonds is 1. The minimum atomic E-state index is -0.111. The van der Waals surface area contributed by atoms with E-state index in [4.69, 9.17) is 11.6 Å². The number of nitrogens with zero attached hydrogens (tertiary/aromatic N) is 1. The largest absolute Gasteiger partial charge is 0.310 e. The second-order valence-electron chi connectivity index (χ2n) is 4.39. The standard InChI is InChI=1S/C15H11ClN2O/c1-9-17-14-8-11(5-6-13(14)15(19)18-9)10-3-2-4-12(16)7-10/h2-8H,1H3,(H,17,18,19). The van der Waals surface area contributed by atoms with Crippen LogP contribution >= 0.6 is 11.6 Å². The molecule has 94 valence electrons. The van der Waals surface area contributed by atoms with Gasteiger partial charge in [-0.2, -0.15) is 0 Å². The highest BCUT2D eigenvalue weighted by molar-refractivity contribution is 6.30. The molecule has 0 spiro atoms. The summed E-state index contributed by atoms with van der Waals surface area (Å²) in [7, 11) is 0. The highest BCUT2D eigenvalue weighted by Gasteiger charge is 2.04. The van der Waals surface area contributed by atoms with Gasteiger partial charge in [-0.1, -0.05) is 29.8 Å². The van der Waals surface area contributed by atoms with Gasteiger partial charge in [0.05, 0.1) is 10.9 Å². The minimum Gasteiger partial charge on any atom is -0.310 e. The van der Waals surface area contributed by atoms with Crippen molar-refractivity contribution in [3.8, 4) is 11.1 Å². The Balaban J connectivity index is 2.24. The molecule has 1 heterocycles. The van der Waals surface area contributed by atoms with Crippen LogP contribution in [0.25, 0.3) is 22.0 Å². The zero-order valence-electron chi connectivity index (χ0n) is 10.3. The maximum absolute atomic E-state index is 11.8. The highest BCUT2D eigenvalue weighted by atomic mass is 35.5. The lowest BCUT2D eigenvalue weighted by Gasteiger charge is -2.04. The van der Waals surface area contributed by atoms with E-state index >= 15 is 0 Å². The summed E-state index contributed by atoms with van der Waals surface area (Å²) in [5.41, 5.74) is 2.58. The molecule has 19 heavy (non-hydrogen) atoms. The number of nitrogens with one attached hydrogen (secondary N) is 1. The van der Waals surface area contributed by atoms with Gasteiger partial charge in [0.2, 0.25) is 0 Å². The van der Waals surface area contributed by atoms with Gasteiger partial charge in [0, 0.05) is 5.02 Å². The Kier molecular flexibility index (Phi) is 2.84. The van der Waals surface area contributed by atoms with Crippen LogP contribution in [-0.4, -0.2) is 9.97 Å². The number of hydrogen-bond donors (Lipinski definition) is 1. The van der Waals surface area contributed by atoms with Gasteiger partial charge in [0.25, 0.3) is 5.56 Å². The molecule has 0 aliphatic heterocycles. The van der Waals surface area contributed by atoms with Crippen molar-refractivity contribution in [2.45, 2.75) is 6.92 Å². The molecular weight excluding hydrogens is 260 g/mol. The third-order valence-electron chi connectivity index (χ3n) is 2.98. The molecular formula is C15H11ClN2O. The molecule has 0 atom stereocenters. The Hall–Kier alpha value is -2.13. The summed E-state index contributed by atoms with van der Waals surface area (Å²) >= 11 is 5.99. The molecule has 4 heteroatoms. The number of aromatic nitrogens is 2. The molecule has 0 fully saturated rings. The van der Waals surface area contributed by atoms with Gasteiger partial charge in [-0.15, -0.1) is 0 Å². The van der Waals surface area contributed by atoms with E-state index in [0.717, 1.165) is 11.1 Å². The fourth-order valence-corrected chi connectivity index (χ4v) is 2.29. The van der Waals surface area contributed by atoms with Crippen LogP contribution in [0.1, 0.15) is 5.82 Å². The summed E-state index contributed by atoms with van der Waals surface area (Å²) in [4.78, 5) is 18.8. The fraction of sp³-hybridized carbons (Fsp3) is 0.0667. The van der Waals surface area contributed by atoms with Crippen LogP contribution in [0.5, 0.6) is 0 Å². The maximum atomic E-state index is 11.8. The van der Waals surface area contributed by atoms with Crippen molar-refractivity contribution in [1.29, 1.82) is 0 Å². The third kappa shape index (κ3) is 2.25. The first-order chi connectivity index (χ1) is 9.13. The first kappa shape index (κ1) is 11.9. The summed E-state index contributed by atoms with van der Waals surface area (Å²) < 4.78 is 0. The second-order valence-corrected chi connectivity index (χ2v) is 4.83. The lowest BCUT2D eigenvalue weighted by Crippen LogP contribution is -2.09. The molecule has 0 aliphatic carbocycles. The van der Waals surface area contributed by atoms with Gasteiger partial charge in [-0.05, 0) is 42.3 Å². The van der Waals surface area contributed by atoms with Crippen molar-refractivity contribution in [3.05, 3.63) is 63.7 Å². The van der Waals surface area contributed by atoms with Crippen LogP contribution in [0, 0.1) is 6.92 Å². The lowest BCUT2D eigenvalue weighted by atomic mass is 10.0. The van der Waals surface area contributed by atoms with Gasteiger partial charge in [0.15, 0.2) is 0 Å². The molecule has 0 saturated heterocycles. The maximum Gasteiger partial charge on any atom is 0.258 e. The van der Waals surface area contributed by atoms with Crippen LogP contribution in [0.3, 0.4) is 0 Å². The number of fused-ring (bicyclic) bond motifs is 1. The van der Waals surface area contributed by atoms with Gasteiger partial charge >= 0.3 is 0 Å². The molecule has 0 saturated carbocycles. The summed E-state index contributed by atoms with van der Waals surface area (Å²) in [6.07, 6.45) is 0. The number of aryl methyl sites for hydroxylation is 1. The van der Waals surface area contributed by atoms with Crippen LogP contribution < -0.4 is 5.56 Å². The first-order valence-corrected chi connectivity index (χ1v) is 6.28. The molecule has 0 amide bonds. The fourth-order valence-electron chi connectivity index (χ4n) is 2.10. The topological polar surface area (TPSA) is 45.8 Å². The Labute approximate surface area is 114 Å². The molecule has 3 rings (SSSR count). The minimum absolute atomic E-state index is 0.111. The Morgan fingerprint density at radius 1 is 1.11 bits per heavy atom. The van der Waals surface area contributed by atoms with Crippen molar-refractivity contribution in [1.82, 2.24) is 9.97 Å². The predicted octanol–water partition coefficient (Wildman–Crippen LogP) is 3.55. The van der Waals surface area contributed by atoms with Crippen LogP contribution in [0.15, 0.2) is 47.3 Å². The zero-order valence-corrected chi connectivity index (χ0v) is 11.0. The Morgan fingerprint density at radius 2 is 1.89 bits per heavy atom. The van der Waals surface area contributed by atoms with Gasteiger partial charge < -0.3 is 4.98 Å². The van der Waals surface area contributed by atoms with Gasteiger partial charge in [-0.25, -0.2) is 4.98 Å². The molecule has 0 aliphatic rings. The van der Waals surface area contributed by atoms with Gasteiger partial charge in [0.1, 0.15) is 5.82 Å². The van der Waals surface area contributed by atoms with E-state index in [1.54, 1.807) is 13.0 Å². The number of halogens is 1. The number of benzene rings is 2. The van der Waals surface area contributed by atoms with Crippen molar-refractivity contribution >= 4 is 22.5 Å². The molecule has 0 unspecified atom stereocenters. The average molecular weight is 271 g/mol. The van der Waals surface area contributed by atoms with Crippen molar-refractivity contribution in [3.63, 3.8) is 0 Å². The molecule has 2 aromatic carbocycles. The molecule has 0 radical (unpaired) electrons. The normalized spacial score (nSPS) is 10.8. The monoisotopic (exact) mass is 270 g/mol. The summed E-state index contributed by atoms with van der Waals surface area (Å²) in [6, 6.07) is 13.2. The molecule has 0 bridgehead atoms. The van der Waals surface area contributed by atoms with Crippen molar-refractivity contribution in [2.24, 2.45) is 0 Å². The first-order valence-electron chi connectivity index (χ1n) is 5.90. The van der Waals surface area contributed by atoms with E-state index < -0.39 is 0 Å². The Bertz CT molecular complexity index is 824. The van der Waals surface area contributed by atoms with E-state index in [0.29, 0.717) is 21.7 Å². The Morgan fingerprint density at radius 3 is 2.68 bits per heavy atom. The summed E-state index contributed by atoms with van der Waals surface area (Å²) in [6.45, 7) is 1.77. The smallest absolute Gasteiger partial charge is 0.258 e. The van der Waals surface area contributed by atoms with Crippen molar-refractivity contribution in [2.75, 3.05) is 0 Å². The number of aromatic amines is 1. The quantitative estimate of drug-likeness (QED) is 0.735. The second kappa shape index (κ2) is 4.52. The van der Waals surface area contributed by atoms with E-state index in [2.05, 4.69) is 9.97 Å². The molecule has 1 N–H and O–H groups in total.